The number of halogens is 2. The van der Waals surface area contributed by atoms with Gasteiger partial charge in [0.1, 0.15) is 0 Å². The zero-order valence-corrected chi connectivity index (χ0v) is 9.28. The normalized spacial score (nSPS) is 10.1. The molecule has 0 aliphatic heterocycles. The van der Waals surface area contributed by atoms with Crippen molar-refractivity contribution in [1.29, 1.82) is 0 Å². The first-order valence-electron chi connectivity index (χ1n) is 4.61. The van der Waals surface area contributed by atoms with E-state index in [-0.39, 0.29) is 16.7 Å². The van der Waals surface area contributed by atoms with E-state index in [1.807, 2.05) is 0 Å². The van der Waals surface area contributed by atoms with Gasteiger partial charge in [0.25, 0.3) is 0 Å². The Morgan fingerprint density at radius 3 is 2.94 bits per heavy atom. The number of aromatic nitrogens is 2. The van der Waals surface area contributed by atoms with E-state index in [1.165, 1.54) is 24.5 Å². The molecule has 1 heterocycles. The summed E-state index contributed by atoms with van der Waals surface area (Å²) in [5.74, 6) is 4.91. The van der Waals surface area contributed by atoms with Crippen LogP contribution >= 0.6 is 11.6 Å². The quantitative estimate of drug-likeness (QED) is 0.650. The number of rotatable bonds is 3. The smallest absolute Gasteiger partial charge is 0.240 e. The van der Waals surface area contributed by atoms with Gasteiger partial charge in [0, 0.05) is 0 Å². The van der Waals surface area contributed by atoms with E-state index in [9.17, 15) is 4.39 Å². The number of benzene rings is 1. The van der Waals surface area contributed by atoms with Gasteiger partial charge >= 0.3 is 0 Å². The second-order valence-electron chi connectivity index (χ2n) is 3.04. The Balaban J connectivity index is 2.28. The summed E-state index contributed by atoms with van der Waals surface area (Å²) in [5, 5.41) is -0.0245. The molecule has 2 rings (SSSR count). The van der Waals surface area contributed by atoms with E-state index in [1.54, 1.807) is 6.07 Å². The van der Waals surface area contributed by atoms with Crippen molar-refractivity contribution in [2.45, 2.75) is 0 Å². The fourth-order valence-corrected chi connectivity index (χ4v) is 1.31. The topological polar surface area (TPSA) is 73.1 Å². The number of nitrogens with one attached hydrogen (secondary N) is 1. The molecule has 17 heavy (non-hydrogen) atoms. The highest BCUT2D eigenvalue weighted by molar-refractivity contribution is 6.30. The molecular weight excluding hydrogens is 247 g/mol. The fourth-order valence-electron chi connectivity index (χ4n) is 1.14. The molecule has 7 heteroatoms. The average molecular weight is 255 g/mol. The summed E-state index contributed by atoms with van der Waals surface area (Å²) in [6.07, 6.45) is 2.74. The first-order valence-corrected chi connectivity index (χ1v) is 4.99. The number of ether oxygens (including phenoxy) is 1. The lowest BCUT2D eigenvalue weighted by molar-refractivity contribution is 0.426. The maximum atomic E-state index is 13.5. The third-order valence-electron chi connectivity index (χ3n) is 1.89. The zero-order chi connectivity index (χ0) is 12.3. The van der Waals surface area contributed by atoms with Crippen molar-refractivity contribution in [2.24, 2.45) is 5.84 Å². The minimum absolute atomic E-state index is 0.0245. The lowest BCUT2D eigenvalue weighted by atomic mass is 10.3. The number of nitrogen functional groups attached to an aromatic ring is 1. The molecule has 1 aromatic heterocycles. The Morgan fingerprint density at radius 2 is 2.18 bits per heavy atom. The maximum Gasteiger partial charge on any atom is 0.240 e. The number of hydrazine groups is 1. The molecule has 0 saturated carbocycles. The van der Waals surface area contributed by atoms with E-state index < -0.39 is 5.82 Å². The third-order valence-corrected chi connectivity index (χ3v) is 2.18. The molecule has 0 amide bonds. The van der Waals surface area contributed by atoms with Crippen LogP contribution in [-0.2, 0) is 0 Å². The Kier molecular flexibility index (Phi) is 3.36. The summed E-state index contributed by atoms with van der Waals surface area (Å²) >= 11 is 5.62. The summed E-state index contributed by atoms with van der Waals surface area (Å²) in [6, 6.07) is 4.43. The highest BCUT2D eigenvalue weighted by atomic mass is 35.5. The van der Waals surface area contributed by atoms with Crippen LogP contribution in [0.5, 0.6) is 11.6 Å². The van der Waals surface area contributed by atoms with E-state index in [4.69, 9.17) is 22.2 Å². The molecule has 0 unspecified atom stereocenters. The monoisotopic (exact) mass is 254 g/mol. The van der Waals surface area contributed by atoms with Gasteiger partial charge in [-0.2, -0.15) is 4.98 Å². The van der Waals surface area contributed by atoms with Crippen molar-refractivity contribution in [3.63, 3.8) is 0 Å². The van der Waals surface area contributed by atoms with Gasteiger partial charge in [-0.05, 0) is 12.1 Å². The minimum Gasteiger partial charge on any atom is -0.434 e. The molecule has 0 saturated heterocycles. The van der Waals surface area contributed by atoms with Crippen LogP contribution in [0, 0.1) is 5.82 Å². The third kappa shape index (κ3) is 2.61. The predicted octanol–water partition coefficient (Wildman–Crippen LogP) is 2.35. The lowest BCUT2D eigenvalue weighted by Crippen LogP contribution is -2.09. The van der Waals surface area contributed by atoms with Crippen molar-refractivity contribution >= 4 is 17.4 Å². The highest BCUT2D eigenvalue weighted by Crippen LogP contribution is 2.27. The summed E-state index contributed by atoms with van der Waals surface area (Å²) in [6.45, 7) is 0. The Labute approximate surface area is 101 Å². The Bertz CT molecular complexity index is 537. The van der Waals surface area contributed by atoms with E-state index in [2.05, 4.69) is 15.4 Å². The summed E-state index contributed by atoms with van der Waals surface area (Å²) < 4.78 is 18.7. The number of nitrogens with zero attached hydrogens (tertiary/aromatic N) is 2. The van der Waals surface area contributed by atoms with Gasteiger partial charge in [-0.25, -0.2) is 10.2 Å². The molecule has 1 aromatic carbocycles. The van der Waals surface area contributed by atoms with Crippen molar-refractivity contribution in [1.82, 2.24) is 9.97 Å². The number of nitrogens with two attached hydrogens (primary N) is 1. The van der Waals surface area contributed by atoms with Crippen LogP contribution in [0.15, 0.2) is 30.6 Å². The van der Waals surface area contributed by atoms with Gasteiger partial charge in [0.05, 0.1) is 17.4 Å². The number of hydrogen-bond donors (Lipinski definition) is 2. The van der Waals surface area contributed by atoms with Gasteiger partial charge in [-0.1, -0.05) is 17.7 Å². The lowest BCUT2D eigenvalue weighted by Gasteiger charge is -2.07. The van der Waals surface area contributed by atoms with E-state index in [0.29, 0.717) is 5.82 Å². The van der Waals surface area contributed by atoms with Crippen molar-refractivity contribution in [3.8, 4) is 11.6 Å². The van der Waals surface area contributed by atoms with Crippen LogP contribution in [0.1, 0.15) is 0 Å². The first kappa shape index (κ1) is 11.6. The zero-order valence-electron chi connectivity index (χ0n) is 8.52. The average Bonchev–Trinajstić information content (AvgIpc) is 2.35. The van der Waals surface area contributed by atoms with Gasteiger partial charge in [-0.3, -0.25) is 4.98 Å². The van der Waals surface area contributed by atoms with Gasteiger partial charge in [0.2, 0.25) is 5.88 Å². The molecule has 0 aliphatic rings. The second kappa shape index (κ2) is 4.94. The molecule has 88 valence electrons. The van der Waals surface area contributed by atoms with Crippen LogP contribution in [-0.4, -0.2) is 9.97 Å². The molecule has 0 bridgehead atoms. The number of anilines is 1. The molecule has 0 radical (unpaired) electrons. The SMILES string of the molecule is NNc1cncc(Oc2cccc(Cl)c2F)n1. The molecule has 2 aromatic rings. The summed E-state index contributed by atoms with van der Waals surface area (Å²) in [7, 11) is 0. The molecule has 3 N–H and O–H groups in total. The van der Waals surface area contributed by atoms with E-state index >= 15 is 0 Å². The Hall–Kier alpha value is -1.92. The molecule has 0 spiro atoms. The van der Waals surface area contributed by atoms with Crippen LogP contribution < -0.4 is 16.0 Å². The second-order valence-corrected chi connectivity index (χ2v) is 3.45. The van der Waals surface area contributed by atoms with Gasteiger partial charge in [0.15, 0.2) is 17.4 Å². The van der Waals surface area contributed by atoms with Crippen molar-refractivity contribution in [3.05, 3.63) is 41.4 Å². The van der Waals surface area contributed by atoms with Crippen molar-refractivity contribution in [2.75, 3.05) is 5.43 Å². The molecular formula is C10H8ClFN4O. The molecule has 0 fully saturated rings. The van der Waals surface area contributed by atoms with Crippen molar-refractivity contribution < 1.29 is 9.13 Å². The van der Waals surface area contributed by atoms with Crippen LogP contribution in [0.25, 0.3) is 0 Å². The fraction of sp³-hybridized carbons (Fsp3) is 0. The minimum atomic E-state index is -0.651. The van der Waals surface area contributed by atoms with E-state index in [0.717, 1.165) is 0 Å². The number of hydrogen-bond acceptors (Lipinski definition) is 5. The largest absolute Gasteiger partial charge is 0.434 e. The molecule has 0 atom stereocenters. The first-order chi connectivity index (χ1) is 8.20. The van der Waals surface area contributed by atoms with Crippen LogP contribution in [0.4, 0.5) is 10.2 Å². The van der Waals surface area contributed by atoms with Crippen LogP contribution in [0.3, 0.4) is 0 Å². The van der Waals surface area contributed by atoms with Crippen LogP contribution in [0.2, 0.25) is 5.02 Å². The van der Waals surface area contributed by atoms with Gasteiger partial charge in [-0.15, -0.1) is 0 Å². The molecule has 0 aliphatic carbocycles. The predicted molar refractivity (Wildman–Crippen MR) is 61.3 cm³/mol. The summed E-state index contributed by atoms with van der Waals surface area (Å²) in [4.78, 5) is 7.75. The Morgan fingerprint density at radius 1 is 1.35 bits per heavy atom. The maximum absolute atomic E-state index is 13.5. The standard InChI is InChI=1S/C10H8ClFN4O/c11-6-2-1-3-7(10(6)12)17-9-5-14-4-8(15-9)16-13/h1-5H,13H2,(H,15,16). The highest BCUT2D eigenvalue weighted by Gasteiger charge is 2.09. The molecule has 5 nitrogen and oxygen atoms in total. The van der Waals surface area contributed by atoms with Gasteiger partial charge < -0.3 is 10.2 Å². The summed E-state index contributed by atoms with van der Waals surface area (Å²) in [5.41, 5.74) is 2.31.